The van der Waals surface area contributed by atoms with Crippen LogP contribution in [-0.4, -0.2) is 50.7 Å². The van der Waals surface area contributed by atoms with Gasteiger partial charge in [0.1, 0.15) is 18.2 Å². The SMILES string of the molecule is COCCCOCCOc1ccc(F)cc1B(O)O. The Labute approximate surface area is 112 Å². The molecule has 7 heteroatoms. The molecule has 0 radical (unpaired) electrons. The van der Waals surface area contributed by atoms with E-state index >= 15 is 0 Å². The van der Waals surface area contributed by atoms with E-state index in [0.717, 1.165) is 12.5 Å². The van der Waals surface area contributed by atoms with E-state index in [1.54, 1.807) is 7.11 Å². The minimum Gasteiger partial charge on any atom is -0.492 e. The summed E-state index contributed by atoms with van der Waals surface area (Å²) in [6, 6.07) is 3.58. The van der Waals surface area contributed by atoms with Crippen LogP contribution in [0, 0.1) is 5.82 Å². The van der Waals surface area contributed by atoms with Crippen LogP contribution in [0.5, 0.6) is 5.75 Å². The Kier molecular flexibility index (Phi) is 7.43. The van der Waals surface area contributed by atoms with Crippen LogP contribution in [0.4, 0.5) is 4.39 Å². The van der Waals surface area contributed by atoms with E-state index in [9.17, 15) is 4.39 Å². The van der Waals surface area contributed by atoms with Crippen LogP contribution < -0.4 is 10.2 Å². The molecular formula is C12H18BFO5. The van der Waals surface area contributed by atoms with Gasteiger partial charge in [-0.2, -0.15) is 0 Å². The van der Waals surface area contributed by atoms with Gasteiger partial charge in [0.15, 0.2) is 0 Å². The van der Waals surface area contributed by atoms with Gasteiger partial charge in [0.05, 0.1) is 6.61 Å². The molecule has 5 nitrogen and oxygen atoms in total. The van der Waals surface area contributed by atoms with E-state index in [1.807, 2.05) is 0 Å². The highest BCUT2D eigenvalue weighted by Crippen LogP contribution is 2.09. The second kappa shape index (κ2) is 8.87. The van der Waals surface area contributed by atoms with E-state index in [4.69, 9.17) is 24.3 Å². The molecule has 0 aromatic heterocycles. The predicted octanol–water partition coefficient (Wildman–Crippen LogP) is -0.0626. The number of halogens is 1. The zero-order chi connectivity index (χ0) is 14.1. The van der Waals surface area contributed by atoms with Crippen molar-refractivity contribution < 1.29 is 28.6 Å². The molecule has 19 heavy (non-hydrogen) atoms. The van der Waals surface area contributed by atoms with Gasteiger partial charge in [0, 0.05) is 25.8 Å². The fourth-order valence-corrected chi connectivity index (χ4v) is 1.47. The van der Waals surface area contributed by atoms with E-state index < -0.39 is 12.9 Å². The van der Waals surface area contributed by atoms with Crippen LogP contribution in [0.25, 0.3) is 0 Å². The number of hydrogen-bond donors (Lipinski definition) is 2. The molecule has 0 unspecified atom stereocenters. The van der Waals surface area contributed by atoms with Crippen LogP contribution in [0.2, 0.25) is 0 Å². The highest BCUT2D eigenvalue weighted by atomic mass is 19.1. The Morgan fingerprint density at radius 3 is 2.63 bits per heavy atom. The summed E-state index contributed by atoms with van der Waals surface area (Å²) >= 11 is 0. The highest BCUT2D eigenvalue weighted by Gasteiger charge is 2.17. The summed E-state index contributed by atoms with van der Waals surface area (Å²) in [4.78, 5) is 0. The lowest BCUT2D eigenvalue weighted by atomic mass is 9.79. The molecule has 0 bridgehead atoms. The molecule has 106 valence electrons. The first-order chi connectivity index (χ1) is 9.15. The minimum absolute atomic E-state index is 0.000571. The molecule has 0 amide bonds. The van der Waals surface area contributed by atoms with Gasteiger partial charge < -0.3 is 24.3 Å². The maximum Gasteiger partial charge on any atom is 0.492 e. The molecule has 0 aliphatic rings. The molecule has 0 saturated heterocycles. The lowest BCUT2D eigenvalue weighted by Gasteiger charge is -2.11. The third-order valence-corrected chi connectivity index (χ3v) is 2.37. The second-order valence-electron chi connectivity index (χ2n) is 3.86. The Bertz CT molecular complexity index is 375. The van der Waals surface area contributed by atoms with E-state index in [1.165, 1.54) is 12.1 Å². The van der Waals surface area contributed by atoms with Gasteiger partial charge in [-0.1, -0.05) is 0 Å². The summed E-state index contributed by atoms with van der Waals surface area (Å²) in [6.45, 7) is 1.82. The van der Waals surface area contributed by atoms with E-state index in [2.05, 4.69) is 0 Å². The number of benzene rings is 1. The van der Waals surface area contributed by atoms with Crippen molar-refractivity contribution in [2.24, 2.45) is 0 Å². The van der Waals surface area contributed by atoms with Crippen molar-refractivity contribution >= 4 is 12.6 Å². The second-order valence-corrected chi connectivity index (χ2v) is 3.86. The molecule has 1 rings (SSSR count). The van der Waals surface area contributed by atoms with Gasteiger partial charge in [-0.05, 0) is 24.6 Å². The van der Waals surface area contributed by atoms with Crippen LogP contribution in [0.15, 0.2) is 18.2 Å². The van der Waals surface area contributed by atoms with Gasteiger partial charge in [-0.15, -0.1) is 0 Å². The van der Waals surface area contributed by atoms with Crippen molar-refractivity contribution in [3.63, 3.8) is 0 Å². The fraction of sp³-hybridized carbons (Fsp3) is 0.500. The minimum atomic E-state index is -1.77. The maximum atomic E-state index is 13.0. The highest BCUT2D eigenvalue weighted by molar-refractivity contribution is 6.59. The molecule has 0 atom stereocenters. The average molecular weight is 272 g/mol. The lowest BCUT2D eigenvalue weighted by molar-refractivity contribution is 0.0808. The topological polar surface area (TPSA) is 68.2 Å². The Morgan fingerprint density at radius 2 is 1.95 bits per heavy atom. The normalized spacial score (nSPS) is 10.5. The summed E-state index contributed by atoms with van der Waals surface area (Å²) in [5, 5.41) is 18.2. The summed E-state index contributed by atoms with van der Waals surface area (Å²) < 4.78 is 28.4. The first-order valence-electron chi connectivity index (χ1n) is 6.00. The molecule has 0 aliphatic carbocycles. The number of methoxy groups -OCH3 is 1. The standard InChI is InChI=1S/C12H18BFO5/c1-17-5-2-6-18-7-8-19-12-4-3-10(14)9-11(12)13(15)16/h3-4,9,15-16H,2,5-8H2,1H3. The predicted molar refractivity (Wildman–Crippen MR) is 69.0 cm³/mol. The quantitative estimate of drug-likeness (QED) is 0.487. The maximum absolute atomic E-state index is 13.0. The Hall–Kier alpha value is -1.15. The van der Waals surface area contributed by atoms with Crippen molar-refractivity contribution in [2.45, 2.75) is 6.42 Å². The molecular weight excluding hydrogens is 254 g/mol. The van der Waals surface area contributed by atoms with Gasteiger partial charge in [-0.25, -0.2) is 4.39 Å². The van der Waals surface area contributed by atoms with Crippen molar-refractivity contribution in [1.29, 1.82) is 0 Å². The molecule has 0 fully saturated rings. The molecule has 2 N–H and O–H groups in total. The monoisotopic (exact) mass is 272 g/mol. The molecule has 0 saturated carbocycles. The van der Waals surface area contributed by atoms with Crippen molar-refractivity contribution in [1.82, 2.24) is 0 Å². The third-order valence-electron chi connectivity index (χ3n) is 2.37. The molecule has 0 heterocycles. The third kappa shape index (κ3) is 6.02. The number of ether oxygens (including phenoxy) is 3. The zero-order valence-corrected chi connectivity index (χ0v) is 10.8. The fourth-order valence-electron chi connectivity index (χ4n) is 1.47. The summed E-state index contributed by atoms with van der Waals surface area (Å²) in [7, 11) is -0.146. The van der Waals surface area contributed by atoms with E-state index in [-0.39, 0.29) is 17.8 Å². The molecule has 0 aliphatic heterocycles. The van der Waals surface area contributed by atoms with Crippen molar-refractivity contribution in [3.05, 3.63) is 24.0 Å². The summed E-state index contributed by atoms with van der Waals surface area (Å²) in [5.41, 5.74) is -0.000571. The molecule has 0 spiro atoms. The van der Waals surface area contributed by atoms with Gasteiger partial charge in [-0.3, -0.25) is 0 Å². The van der Waals surface area contributed by atoms with Crippen molar-refractivity contribution in [2.75, 3.05) is 33.5 Å². The van der Waals surface area contributed by atoms with E-state index in [0.29, 0.717) is 19.8 Å². The number of rotatable bonds is 9. The van der Waals surface area contributed by atoms with Crippen molar-refractivity contribution in [3.8, 4) is 5.75 Å². The summed E-state index contributed by atoms with van der Waals surface area (Å²) in [5.74, 6) is -0.317. The first kappa shape index (κ1) is 15.9. The van der Waals surface area contributed by atoms with Gasteiger partial charge >= 0.3 is 7.12 Å². The number of hydrogen-bond acceptors (Lipinski definition) is 5. The summed E-state index contributed by atoms with van der Waals surface area (Å²) in [6.07, 6.45) is 0.799. The largest absolute Gasteiger partial charge is 0.492 e. The van der Waals surface area contributed by atoms with Crippen LogP contribution in [0.1, 0.15) is 6.42 Å². The molecule has 1 aromatic rings. The van der Waals surface area contributed by atoms with Gasteiger partial charge in [0.25, 0.3) is 0 Å². The Balaban J connectivity index is 2.33. The lowest BCUT2D eigenvalue weighted by Crippen LogP contribution is -2.32. The molecule has 1 aromatic carbocycles. The first-order valence-corrected chi connectivity index (χ1v) is 6.00. The van der Waals surface area contributed by atoms with Crippen LogP contribution in [-0.2, 0) is 9.47 Å². The van der Waals surface area contributed by atoms with Gasteiger partial charge in [0.2, 0.25) is 0 Å². The van der Waals surface area contributed by atoms with Crippen LogP contribution in [0.3, 0.4) is 0 Å². The Morgan fingerprint density at radius 1 is 1.16 bits per heavy atom. The zero-order valence-electron chi connectivity index (χ0n) is 10.8. The average Bonchev–Trinajstić information content (AvgIpc) is 2.39. The van der Waals surface area contributed by atoms with Crippen LogP contribution >= 0.6 is 0 Å². The smallest absolute Gasteiger partial charge is 0.492 e.